The molecule has 36 heavy (non-hydrogen) atoms. The maximum atomic E-state index is 13.9. The van der Waals surface area contributed by atoms with Crippen LogP contribution in [0.5, 0.6) is 23.0 Å². The second-order valence-electron chi connectivity index (χ2n) is 10.3. The molecule has 4 rings (SSSR count). The highest BCUT2D eigenvalue weighted by molar-refractivity contribution is 5.98. The van der Waals surface area contributed by atoms with Gasteiger partial charge >= 0.3 is 0 Å². The van der Waals surface area contributed by atoms with Crippen LogP contribution in [-0.2, 0) is 12.8 Å². The van der Waals surface area contributed by atoms with Crippen molar-refractivity contribution in [3.05, 3.63) is 56.8 Å². The summed E-state index contributed by atoms with van der Waals surface area (Å²) < 4.78 is 17.7. The van der Waals surface area contributed by atoms with Gasteiger partial charge in [0, 0.05) is 29.7 Å². The van der Waals surface area contributed by atoms with Crippen molar-refractivity contribution in [2.75, 3.05) is 7.11 Å². The van der Waals surface area contributed by atoms with Crippen LogP contribution in [-0.4, -0.2) is 34.1 Å². The number of hydrogen-bond donors (Lipinski definition) is 3. The number of hydrogen-bond acceptors (Lipinski definition) is 7. The Morgan fingerprint density at radius 2 is 1.83 bits per heavy atom. The number of rotatable bonds is 6. The summed E-state index contributed by atoms with van der Waals surface area (Å²) >= 11 is 0. The zero-order valence-electron chi connectivity index (χ0n) is 21.7. The minimum atomic E-state index is -0.824. The first kappa shape index (κ1) is 25.6. The molecule has 1 aliphatic heterocycles. The van der Waals surface area contributed by atoms with Gasteiger partial charge in [-0.1, -0.05) is 23.3 Å². The van der Waals surface area contributed by atoms with Crippen LogP contribution in [0.1, 0.15) is 58.6 Å². The van der Waals surface area contributed by atoms with E-state index in [0.717, 1.165) is 18.4 Å². The van der Waals surface area contributed by atoms with Crippen LogP contribution in [0.4, 0.5) is 0 Å². The Kier molecular flexibility index (Phi) is 6.80. The molecule has 0 aliphatic carbocycles. The molecule has 1 aliphatic rings. The number of aromatic hydroxyl groups is 2. The van der Waals surface area contributed by atoms with Gasteiger partial charge in [0.25, 0.3) is 0 Å². The van der Waals surface area contributed by atoms with Crippen molar-refractivity contribution in [2.45, 2.75) is 72.0 Å². The fourth-order valence-corrected chi connectivity index (χ4v) is 4.67. The summed E-state index contributed by atoms with van der Waals surface area (Å²) in [5.41, 5.74) is 2.42. The van der Waals surface area contributed by atoms with Crippen LogP contribution >= 0.6 is 0 Å². The summed E-state index contributed by atoms with van der Waals surface area (Å²) in [5, 5.41) is 32.1. The lowest BCUT2D eigenvalue weighted by Crippen LogP contribution is -2.46. The molecule has 3 N–H and O–H groups in total. The highest BCUT2D eigenvalue weighted by Crippen LogP contribution is 2.44. The number of phenolic OH excluding ortho intramolecular Hbond substituents is 2. The Balaban J connectivity index is 1.92. The van der Waals surface area contributed by atoms with Gasteiger partial charge in [-0.2, -0.15) is 0 Å². The van der Waals surface area contributed by atoms with Crippen LogP contribution in [0.25, 0.3) is 21.9 Å². The minimum Gasteiger partial charge on any atom is -0.504 e. The van der Waals surface area contributed by atoms with E-state index in [4.69, 9.17) is 13.9 Å². The third-order valence-corrected chi connectivity index (χ3v) is 6.85. The lowest BCUT2D eigenvalue weighted by Gasteiger charge is -2.37. The van der Waals surface area contributed by atoms with E-state index in [0.29, 0.717) is 16.9 Å². The van der Waals surface area contributed by atoms with Gasteiger partial charge < -0.3 is 29.2 Å². The number of benzene rings is 2. The predicted octanol–water partition coefficient (Wildman–Crippen LogP) is 5.68. The maximum Gasteiger partial charge on any atom is 0.204 e. The number of ether oxygens (including phenoxy) is 2. The van der Waals surface area contributed by atoms with Crippen molar-refractivity contribution < 1.29 is 29.2 Å². The fraction of sp³-hybridized carbons (Fsp3) is 0.414. The lowest BCUT2D eigenvalue weighted by molar-refractivity contribution is -0.0415. The quantitative estimate of drug-likeness (QED) is 0.230. The lowest BCUT2D eigenvalue weighted by atomic mass is 9.89. The van der Waals surface area contributed by atoms with Gasteiger partial charge in [-0.05, 0) is 53.9 Å². The third kappa shape index (κ3) is 4.55. The van der Waals surface area contributed by atoms with Gasteiger partial charge in [-0.25, -0.2) is 0 Å². The van der Waals surface area contributed by atoms with Crippen LogP contribution in [0, 0.1) is 0 Å². The van der Waals surface area contributed by atoms with Gasteiger partial charge in [0.15, 0.2) is 11.5 Å². The second-order valence-corrected chi connectivity index (χ2v) is 10.3. The number of aliphatic hydroxyl groups is 1. The molecule has 0 spiro atoms. The van der Waals surface area contributed by atoms with Crippen molar-refractivity contribution in [3.63, 3.8) is 0 Å². The molecule has 3 aromatic rings. The Hall–Kier alpha value is -3.45. The van der Waals surface area contributed by atoms with Crippen LogP contribution in [0.2, 0.25) is 0 Å². The summed E-state index contributed by atoms with van der Waals surface area (Å²) in [5.74, 6) is 0.0379. The first-order valence-corrected chi connectivity index (χ1v) is 12.1. The van der Waals surface area contributed by atoms with E-state index in [2.05, 4.69) is 19.9 Å². The number of aliphatic hydroxyl groups excluding tert-OH is 1. The van der Waals surface area contributed by atoms with E-state index >= 15 is 0 Å². The molecule has 1 unspecified atom stereocenters. The molecule has 0 fully saturated rings. The Labute approximate surface area is 210 Å². The average Bonchev–Trinajstić information content (AvgIpc) is 2.79. The van der Waals surface area contributed by atoms with E-state index < -0.39 is 11.7 Å². The predicted molar refractivity (Wildman–Crippen MR) is 140 cm³/mol. The molecule has 0 amide bonds. The smallest absolute Gasteiger partial charge is 0.204 e. The minimum absolute atomic E-state index is 0.158. The van der Waals surface area contributed by atoms with Gasteiger partial charge in [0.2, 0.25) is 5.43 Å². The average molecular weight is 495 g/mol. The normalized spacial score (nSPS) is 17.1. The zero-order chi connectivity index (χ0) is 26.4. The number of fused-ring (bicyclic) bond motifs is 3. The molecular formula is C29H34O7. The zero-order valence-corrected chi connectivity index (χ0v) is 21.7. The van der Waals surface area contributed by atoms with E-state index in [-0.39, 0.29) is 57.5 Å². The van der Waals surface area contributed by atoms with Gasteiger partial charge in [0.1, 0.15) is 33.7 Å². The molecule has 2 heterocycles. The van der Waals surface area contributed by atoms with E-state index in [9.17, 15) is 20.1 Å². The Morgan fingerprint density at radius 3 is 2.50 bits per heavy atom. The summed E-state index contributed by atoms with van der Waals surface area (Å²) in [7, 11) is 1.46. The molecule has 1 aromatic heterocycles. The van der Waals surface area contributed by atoms with Gasteiger partial charge in [-0.3, -0.25) is 4.79 Å². The van der Waals surface area contributed by atoms with Crippen LogP contribution < -0.4 is 14.9 Å². The standard InChI is InChI=1S/C29H34O7/c1-15(2)8-7-9-16(3)10-11-17-24-21(13-19(30)26(17)32)35-22-14-20-18(12-23(31)29(4,5)36-20)28(34-6)25(22)27(24)33/h8,10,13-14,23,30-32H,7,9,11-12H2,1-6H3/b16-10+. The topological polar surface area (TPSA) is 109 Å². The summed E-state index contributed by atoms with van der Waals surface area (Å²) in [6.07, 6.45) is 5.56. The number of allylic oxidation sites excluding steroid dienone is 4. The number of methoxy groups -OCH3 is 1. The van der Waals surface area contributed by atoms with Crippen molar-refractivity contribution in [1.82, 2.24) is 0 Å². The first-order valence-electron chi connectivity index (χ1n) is 12.1. The molecule has 0 saturated heterocycles. The molecule has 7 nitrogen and oxygen atoms in total. The van der Waals surface area contributed by atoms with Crippen molar-refractivity contribution in [3.8, 4) is 23.0 Å². The van der Waals surface area contributed by atoms with Gasteiger partial charge in [0.05, 0.1) is 18.6 Å². The molecule has 0 saturated carbocycles. The summed E-state index contributed by atoms with van der Waals surface area (Å²) in [4.78, 5) is 13.9. The largest absolute Gasteiger partial charge is 0.504 e. The molecule has 192 valence electrons. The van der Waals surface area contributed by atoms with Crippen LogP contribution in [0.3, 0.4) is 0 Å². The molecule has 0 bridgehead atoms. The summed E-state index contributed by atoms with van der Waals surface area (Å²) in [6, 6.07) is 2.87. The van der Waals surface area contributed by atoms with E-state index in [1.54, 1.807) is 19.9 Å². The number of phenols is 2. The van der Waals surface area contributed by atoms with Crippen molar-refractivity contribution >= 4 is 21.9 Å². The first-order chi connectivity index (χ1) is 16.9. The van der Waals surface area contributed by atoms with E-state index in [1.165, 1.54) is 18.7 Å². The van der Waals surface area contributed by atoms with E-state index in [1.807, 2.05) is 13.0 Å². The van der Waals surface area contributed by atoms with Crippen molar-refractivity contribution in [2.24, 2.45) is 0 Å². The highest BCUT2D eigenvalue weighted by atomic mass is 16.5. The SMILES string of the molecule is COc1c2c(cc3oc4cc(O)c(O)c(C/C=C(\C)CCC=C(C)C)c4c(=O)c13)OC(C)(C)C(O)C2. The van der Waals surface area contributed by atoms with Gasteiger partial charge in [-0.15, -0.1) is 0 Å². The molecule has 1 atom stereocenters. The summed E-state index contributed by atoms with van der Waals surface area (Å²) in [6.45, 7) is 9.69. The molecule has 7 heteroatoms. The highest BCUT2D eigenvalue weighted by Gasteiger charge is 2.38. The molecule has 2 aromatic carbocycles. The Bertz CT molecular complexity index is 1450. The monoisotopic (exact) mass is 494 g/mol. The molecular weight excluding hydrogens is 460 g/mol. The maximum absolute atomic E-state index is 13.9. The van der Waals surface area contributed by atoms with Crippen LogP contribution in [0.15, 0.2) is 44.6 Å². The second kappa shape index (κ2) is 9.54. The Morgan fingerprint density at radius 1 is 1.14 bits per heavy atom. The van der Waals surface area contributed by atoms with Crippen molar-refractivity contribution in [1.29, 1.82) is 0 Å². The third-order valence-electron chi connectivity index (χ3n) is 6.85. The molecule has 0 radical (unpaired) electrons. The fourth-order valence-electron chi connectivity index (χ4n) is 4.67.